The van der Waals surface area contributed by atoms with Crippen molar-refractivity contribution in [2.45, 2.75) is 52.5 Å². The Morgan fingerprint density at radius 1 is 1.13 bits per heavy atom. The number of carbonyl (C=O) groups is 1. The van der Waals surface area contributed by atoms with Gasteiger partial charge in [0, 0.05) is 22.7 Å². The zero-order chi connectivity index (χ0) is 17.4. The Labute approximate surface area is 137 Å². The summed E-state index contributed by atoms with van der Waals surface area (Å²) >= 11 is 0. The molecule has 1 aromatic heterocycles. The molecular weight excluding hydrogens is 288 g/mol. The average Bonchev–Trinajstić information content (AvgIpc) is 2.82. The second-order valence-corrected chi connectivity index (χ2v) is 7.83. The highest BCUT2D eigenvalue weighted by Crippen LogP contribution is 2.28. The molecule has 0 spiro atoms. The van der Waals surface area contributed by atoms with Crippen LogP contribution in [0.1, 0.15) is 57.6 Å². The first-order valence-electron chi connectivity index (χ1n) is 7.76. The Morgan fingerprint density at radius 2 is 1.78 bits per heavy atom. The van der Waals surface area contributed by atoms with Gasteiger partial charge in [-0.25, -0.2) is 4.68 Å². The molecule has 1 heterocycles. The molecule has 2 rings (SSSR count). The van der Waals surface area contributed by atoms with Gasteiger partial charge in [0.25, 0.3) is 5.91 Å². The van der Waals surface area contributed by atoms with Crippen LogP contribution < -0.4 is 11.1 Å². The molecule has 0 aliphatic carbocycles. The summed E-state index contributed by atoms with van der Waals surface area (Å²) in [5.41, 5.74) is 7.47. The normalized spacial score (nSPS) is 12.3. The number of rotatable bonds is 2. The monoisotopic (exact) mass is 314 g/mol. The van der Waals surface area contributed by atoms with Gasteiger partial charge in [-0.3, -0.25) is 4.79 Å². The van der Waals surface area contributed by atoms with Crippen LogP contribution >= 0.6 is 0 Å². The number of amides is 1. The number of nitrogens with one attached hydrogen (secondary N) is 1. The number of nitrogens with two attached hydrogens (primary N) is 1. The minimum absolute atomic E-state index is 0.0901. The van der Waals surface area contributed by atoms with Gasteiger partial charge in [0.2, 0.25) is 0 Å². The van der Waals surface area contributed by atoms with E-state index in [1.165, 1.54) is 0 Å². The number of benzene rings is 1. The van der Waals surface area contributed by atoms with Crippen molar-refractivity contribution < 1.29 is 4.79 Å². The van der Waals surface area contributed by atoms with Crippen LogP contribution in [-0.2, 0) is 11.0 Å². The van der Waals surface area contributed by atoms with E-state index in [1.54, 1.807) is 24.3 Å². The van der Waals surface area contributed by atoms with E-state index < -0.39 is 0 Å². The third-order valence-corrected chi connectivity index (χ3v) is 3.50. The van der Waals surface area contributed by atoms with E-state index in [9.17, 15) is 4.79 Å². The molecular formula is C18H26N4O. The summed E-state index contributed by atoms with van der Waals surface area (Å²) in [7, 11) is 0. The van der Waals surface area contributed by atoms with Gasteiger partial charge in [-0.05, 0) is 39.0 Å². The largest absolute Gasteiger partial charge is 0.399 e. The predicted octanol–water partition coefficient (Wildman–Crippen LogP) is 3.77. The van der Waals surface area contributed by atoms with Crippen LogP contribution in [0.15, 0.2) is 30.3 Å². The fourth-order valence-electron chi connectivity index (χ4n) is 2.22. The molecule has 0 radical (unpaired) electrons. The third kappa shape index (κ3) is 3.92. The maximum atomic E-state index is 12.5. The van der Waals surface area contributed by atoms with Crippen molar-refractivity contribution in [2.24, 2.45) is 0 Å². The van der Waals surface area contributed by atoms with Gasteiger partial charge < -0.3 is 11.1 Å². The molecule has 1 aromatic carbocycles. The van der Waals surface area contributed by atoms with Crippen molar-refractivity contribution in [3.05, 3.63) is 41.6 Å². The first-order valence-corrected chi connectivity index (χ1v) is 7.76. The van der Waals surface area contributed by atoms with Gasteiger partial charge >= 0.3 is 0 Å². The summed E-state index contributed by atoms with van der Waals surface area (Å²) < 4.78 is 1.86. The van der Waals surface area contributed by atoms with E-state index in [0.29, 0.717) is 17.1 Å². The molecule has 2 aromatic rings. The van der Waals surface area contributed by atoms with Gasteiger partial charge in [-0.2, -0.15) is 5.10 Å². The first kappa shape index (κ1) is 17.1. The SMILES string of the molecule is CC(C)(C)c1cc(NC(=O)c2cccc(N)c2)n(C(C)(C)C)n1. The third-order valence-electron chi connectivity index (χ3n) is 3.50. The minimum atomic E-state index is -0.234. The fourth-order valence-corrected chi connectivity index (χ4v) is 2.22. The standard InChI is InChI=1S/C18H26N4O/c1-17(2,3)14-11-15(22(21-14)18(4,5)6)20-16(23)12-8-7-9-13(19)10-12/h7-11H,19H2,1-6H3,(H,20,23). The Bertz CT molecular complexity index is 717. The summed E-state index contributed by atoms with van der Waals surface area (Å²) in [6.07, 6.45) is 0. The molecule has 23 heavy (non-hydrogen) atoms. The summed E-state index contributed by atoms with van der Waals surface area (Å²) in [5.74, 6) is 0.498. The van der Waals surface area contributed by atoms with Crippen molar-refractivity contribution in [1.82, 2.24) is 9.78 Å². The molecule has 0 unspecified atom stereocenters. The Balaban J connectivity index is 2.39. The van der Waals surface area contributed by atoms with E-state index in [1.807, 2.05) is 10.7 Å². The van der Waals surface area contributed by atoms with Crippen LogP contribution in [0.5, 0.6) is 0 Å². The van der Waals surface area contributed by atoms with Gasteiger partial charge in [0.05, 0.1) is 11.2 Å². The highest BCUT2D eigenvalue weighted by molar-refractivity contribution is 6.04. The molecule has 0 aliphatic heterocycles. The highest BCUT2D eigenvalue weighted by Gasteiger charge is 2.25. The molecule has 5 nitrogen and oxygen atoms in total. The van der Waals surface area contributed by atoms with Crippen LogP contribution in [0.2, 0.25) is 0 Å². The van der Waals surface area contributed by atoms with Crippen molar-refractivity contribution >= 4 is 17.4 Å². The van der Waals surface area contributed by atoms with Crippen LogP contribution in [0.3, 0.4) is 0 Å². The number of anilines is 2. The van der Waals surface area contributed by atoms with Gasteiger partial charge in [0.1, 0.15) is 5.82 Å². The maximum absolute atomic E-state index is 12.5. The second kappa shape index (κ2) is 5.72. The number of nitrogens with zero attached hydrogens (tertiary/aromatic N) is 2. The zero-order valence-corrected chi connectivity index (χ0v) is 14.8. The second-order valence-electron chi connectivity index (χ2n) is 7.83. The quantitative estimate of drug-likeness (QED) is 0.829. The molecule has 0 aliphatic rings. The first-order chi connectivity index (χ1) is 10.5. The average molecular weight is 314 g/mol. The molecule has 1 amide bonds. The summed E-state index contributed by atoms with van der Waals surface area (Å²) in [4.78, 5) is 12.5. The number of carbonyl (C=O) groups excluding carboxylic acids is 1. The lowest BCUT2D eigenvalue weighted by atomic mass is 9.92. The fraction of sp³-hybridized carbons (Fsp3) is 0.444. The lowest BCUT2D eigenvalue weighted by Gasteiger charge is -2.23. The smallest absolute Gasteiger partial charge is 0.256 e. The number of hydrogen-bond donors (Lipinski definition) is 2. The van der Waals surface area contributed by atoms with E-state index in [2.05, 4.69) is 46.9 Å². The van der Waals surface area contributed by atoms with Gasteiger partial charge in [-0.15, -0.1) is 0 Å². The van der Waals surface area contributed by atoms with E-state index in [0.717, 1.165) is 5.69 Å². The van der Waals surface area contributed by atoms with Crippen LogP contribution in [-0.4, -0.2) is 15.7 Å². The number of aromatic nitrogens is 2. The summed E-state index contributed by atoms with van der Waals surface area (Å²) in [6, 6.07) is 8.88. The molecule has 0 saturated heterocycles. The van der Waals surface area contributed by atoms with Crippen LogP contribution in [0.4, 0.5) is 11.5 Å². The molecule has 5 heteroatoms. The molecule has 124 valence electrons. The molecule has 0 atom stereocenters. The number of nitrogen functional groups attached to an aromatic ring is 1. The predicted molar refractivity (Wildman–Crippen MR) is 94.7 cm³/mol. The van der Waals surface area contributed by atoms with E-state index in [-0.39, 0.29) is 16.9 Å². The Hall–Kier alpha value is -2.30. The molecule has 0 fully saturated rings. The minimum Gasteiger partial charge on any atom is -0.399 e. The topological polar surface area (TPSA) is 72.9 Å². The Morgan fingerprint density at radius 3 is 2.30 bits per heavy atom. The number of hydrogen-bond acceptors (Lipinski definition) is 3. The van der Waals surface area contributed by atoms with Crippen LogP contribution in [0.25, 0.3) is 0 Å². The Kier molecular flexibility index (Phi) is 4.24. The molecule has 3 N–H and O–H groups in total. The molecule has 0 bridgehead atoms. The lowest BCUT2D eigenvalue weighted by Crippen LogP contribution is -2.27. The highest BCUT2D eigenvalue weighted by atomic mass is 16.1. The van der Waals surface area contributed by atoms with Gasteiger partial charge in [-0.1, -0.05) is 26.8 Å². The van der Waals surface area contributed by atoms with Crippen molar-refractivity contribution in [3.63, 3.8) is 0 Å². The zero-order valence-electron chi connectivity index (χ0n) is 14.8. The van der Waals surface area contributed by atoms with Crippen molar-refractivity contribution in [2.75, 3.05) is 11.1 Å². The van der Waals surface area contributed by atoms with Crippen molar-refractivity contribution in [3.8, 4) is 0 Å². The van der Waals surface area contributed by atoms with E-state index >= 15 is 0 Å². The maximum Gasteiger partial charge on any atom is 0.256 e. The van der Waals surface area contributed by atoms with Gasteiger partial charge in [0.15, 0.2) is 0 Å². The molecule has 0 saturated carbocycles. The summed E-state index contributed by atoms with van der Waals surface area (Å²) in [6.45, 7) is 12.5. The van der Waals surface area contributed by atoms with Crippen molar-refractivity contribution in [1.29, 1.82) is 0 Å². The van der Waals surface area contributed by atoms with Crippen LogP contribution in [0, 0.1) is 0 Å². The summed E-state index contributed by atoms with van der Waals surface area (Å²) in [5, 5.41) is 7.65. The lowest BCUT2D eigenvalue weighted by molar-refractivity contribution is 0.102. The van der Waals surface area contributed by atoms with E-state index in [4.69, 9.17) is 10.8 Å².